The highest BCUT2D eigenvalue weighted by Crippen LogP contribution is 2.17. The molecular weight excluding hydrogens is 338 g/mol. The molecule has 2 aromatic rings. The van der Waals surface area contributed by atoms with Gasteiger partial charge in [0.2, 0.25) is 0 Å². The van der Waals surface area contributed by atoms with Crippen molar-refractivity contribution in [2.45, 2.75) is 6.42 Å². The first-order chi connectivity index (χ1) is 12.3. The Balaban J connectivity index is 2.28. The molecule has 0 saturated carbocycles. The molecule has 0 radical (unpaired) electrons. The lowest BCUT2D eigenvalue weighted by Gasteiger charge is -2.09. The summed E-state index contributed by atoms with van der Waals surface area (Å²) >= 11 is 0. The van der Waals surface area contributed by atoms with Crippen LogP contribution in [0.15, 0.2) is 35.1 Å². The Bertz CT molecular complexity index is 902. The van der Waals surface area contributed by atoms with E-state index in [-0.39, 0.29) is 24.4 Å². The van der Waals surface area contributed by atoms with Crippen LogP contribution in [-0.4, -0.2) is 41.1 Å². The number of hydrogen-bond donors (Lipinski definition) is 3. The molecule has 9 heteroatoms. The molecule has 0 bridgehead atoms. The number of amidine groups is 1. The van der Waals surface area contributed by atoms with Crippen LogP contribution in [0.4, 0.5) is 0 Å². The summed E-state index contributed by atoms with van der Waals surface area (Å²) in [6.45, 7) is 0.0552. The van der Waals surface area contributed by atoms with Gasteiger partial charge in [-0.1, -0.05) is 24.3 Å². The summed E-state index contributed by atoms with van der Waals surface area (Å²) in [6, 6.07) is 8.09. The lowest BCUT2D eigenvalue weighted by molar-refractivity contribution is -0.140. The topological polar surface area (TPSA) is 140 Å². The predicted molar refractivity (Wildman–Crippen MR) is 94.9 cm³/mol. The largest absolute Gasteiger partial charge is 0.469 e. The SMILES string of the molecule is COC(=O)CCNC(=O)c1cc(-c2ccc(C(=N)N)cc2)nn(C)c1=O. The van der Waals surface area contributed by atoms with Crippen molar-refractivity contribution in [3.63, 3.8) is 0 Å². The molecule has 0 aliphatic carbocycles. The van der Waals surface area contributed by atoms with E-state index < -0.39 is 17.4 Å². The van der Waals surface area contributed by atoms with Crippen LogP contribution in [0, 0.1) is 5.41 Å². The molecule has 26 heavy (non-hydrogen) atoms. The molecule has 0 aliphatic rings. The Morgan fingerprint density at radius 2 is 1.96 bits per heavy atom. The van der Waals surface area contributed by atoms with E-state index in [0.29, 0.717) is 16.8 Å². The molecule has 0 aliphatic heterocycles. The zero-order valence-corrected chi connectivity index (χ0v) is 14.4. The molecular formula is C17H19N5O4. The summed E-state index contributed by atoms with van der Waals surface area (Å²) < 4.78 is 5.57. The summed E-state index contributed by atoms with van der Waals surface area (Å²) in [4.78, 5) is 35.6. The van der Waals surface area contributed by atoms with Crippen LogP contribution in [0.1, 0.15) is 22.3 Å². The lowest BCUT2D eigenvalue weighted by Crippen LogP contribution is -2.34. The van der Waals surface area contributed by atoms with Crippen LogP contribution in [0.2, 0.25) is 0 Å². The Morgan fingerprint density at radius 3 is 2.54 bits per heavy atom. The van der Waals surface area contributed by atoms with Gasteiger partial charge in [0.1, 0.15) is 11.4 Å². The second kappa shape index (κ2) is 8.06. The number of benzene rings is 1. The van der Waals surface area contributed by atoms with Gasteiger partial charge in [0, 0.05) is 24.7 Å². The van der Waals surface area contributed by atoms with Gasteiger partial charge < -0.3 is 15.8 Å². The van der Waals surface area contributed by atoms with Crippen molar-refractivity contribution < 1.29 is 14.3 Å². The number of methoxy groups -OCH3 is 1. The molecule has 4 N–H and O–H groups in total. The number of aryl methyl sites for hydroxylation is 1. The fourth-order valence-electron chi connectivity index (χ4n) is 2.21. The number of hydrogen-bond acceptors (Lipinski definition) is 6. The number of carbonyl (C=O) groups excluding carboxylic acids is 2. The molecule has 1 heterocycles. The Morgan fingerprint density at radius 1 is 1.31 bits per heavy atom. The zero-order valence-electron chi connectivity index (χ0n) is 14.4. The highest BCUT2D eigenvalue weighted by Gasteiger charge is 2.15. The van der Waals surface area contributed by atoms with Gasteiger partial charge in [0.25, 0.3) is 11.5 Å². The number of rotatable bonds is 6. The number of esters is 1. The van der Waals surface area contributed by atoms with Crippen molar-refractivity contribution in [1.82, 2.24) is 15.1 Å². The van der Waals surface area contributed by atoms with Crippen molar-refractivity contribution in [1.29, 1.82) is 5.41 Å². The highest BCUT2D eigenvalue weighted by molar-refractivity contribution is 5.96. The minimum atomic E-state index is -0.599. The molecule has 1 aromatic carbocycles. The number of carbonyl (C=O) groups is 2. The van der Waals surface area contributed by atoms with Crippen molar-refractivity contribution in [3.05, 3.63) is 51.8 Å². The number of aromatic nitrogens is 2. The quantitative estimate of drug-likeness (QED) is 0.378. The Kier molecular flexibility index (Phi) is 5.84. The third kappa shape index (κ3) is 4.32. The highest BCUT2D eigenvalue weighted by atomic mass is 16.5. The summed E-state index contributed by atoms with van der Waals surface area (Å²) in [5.74, 6) is -1.12. The molecule has 136 valence electrons. The van der Waals surface area contributed by atoms with E-state index in [9.17, 15) is 14.4 Å². The summed E-state index contributed by atoms with van der Waals surface area (Å²) in [6.07, 6.45) is 0.00695. The van der Waals surface area contributed by atoms with Gasteiger partial charge >= 0.3 is 5.97 Å². The zero-order chi connectivity index (χ0) is 19.3. The van der Waals surface area contributed by atoms with Gasteiger partial charge in [-0.2, -0.15) is 5.10 Å². The minimum absolute atomic E-state index is 0.00695. The number of nitrogens with two attached hydrogens (primary N) is 1. The predicted octanol–water partition coefficient (Wildman–Crippen LogP) is 0.0243. The van der Waals surface area contributed by atoms with Crippen molar-refractivity contribution in [2.24, 2.45) is 12.8 Å². The summed E-state index contributed by atoms with van der Waals surface area (Å²) in [7, 11) is 2.70. The van der Waals surface area contributed by atoms with Gasteiger partial charge in [-0.15, -0.1) is 0 Å². The average Bonchev–Trinajstić information content (AvgIpc) is 2.63. The molecule has 1 amide bonds. The first-order valence-electron chi connectivity index (χ1n) is 7.71. The maximum Gasteiger partial charge on any atom is 0.307 e. The van der Waals surface area contributed by atoms with E-state index >= 15 is 0 Å². The van der Waals surface area contributed by atoms with Crippen LogP contribution in [0.5, 0.6) is 0 Å². The second-order valence-corrected chi connectivity index (χ2v) is 5.45. The van der Waals surface area contributed by atoms with Crippen molar-refractivity contribution in [3.8, 4) is 11.3 Å². The standard InChI is InChI=1S/C17H19N5O4/c1-22-17(25)12(16(24)20-8-7-14(23)26-2)9-13(21-22)10-3-5-11(6-4-10)15(18)19/h3-6,9H,7-8H2,1-2H3,(H3,18,19)(H,20,24). The van der Waals surface area contributed by atoms with E-state index in [2.05, 4.69) is 15.2 Å². The monoisotopic (exact) mass is 357 g/mol. The maximum absolute atomic E-state index is 12.3. The fourth-order valence-corrected chi connectivity index (χ4v) is 2.21. The molecule has 0 unspecified atom stereocenters. The van der Waals surface area contributed by atoms with Crippen LogP contribution in [0.25, 0.3) is 11.3 Å². The molecule has 0 spiro atoms. The first kappa shape index (κ1) is 18.8. The minimum Gasteiger partial charge on any atom is -0.469 e. The fraction of sp³-hybridized carbons (Fsp3) is 0.235. The lowest BCUT2D eigenvalue weighted by atomic mass is 10.1. The normalized spacial score (nSPS) is 10.2. The third-order valence-corrected chi connectivity index (χ3v) is 3.64. The molecule has 9 nitrogen and oxygen atoms in total. The van der Waals surface area contributed by atoms with Crippen LogP contribution < -0.4 is 16.6 Å². The molecule has 0 saturated heterocycles. The van der Waals surface area contributed by atoms with Crippen LogP contribution in [0.3, 0.4) is 0 Å². The Labute approximate surface area is 149 Å². The maximum atomic E-state index is 12.3. The van der Waals surface area contributed by atoms with Crippen LogP contribution in [-0.2, 0) is 16.6 Å². The second-order valence-electron chi connectivity index (χ2n) is 5.45. The van der Waals surface area contributed by atoms with E-state index in [1.54, 1.807) is 24.3 Å². The molecule has 1 aromatic heterocycles. The number of amides is 1. The van der Waals surface area contributed by atoms with Gasteiger partial charge in [0.15, 0.2) is 0 Å². The average molecular weight is 357 g/mol. The van der Waals surface area contributed by atoms with E-state index in [1.165, 1.54) is 20.2 Å². The first-order valence-corrected chi connectivity index (χ1v) is 7.71. The number of ether oxygens (including phenoxy) is 1. The van der Waals surface area contributed by atoms with Crippen LogP contribution >= 0.6 is 0 Å². The van der Waals surface area contributed by atoms with Crippen molar-refractivity contribution >= 4 is 17.7 Å². The molecule has 2 rings (SSSR count). The molecule has 0 fully saturated rings. The molecule has 0 atom stereocenters. The summed E-state index contributed by atoms with van der Waals surface area (Å²) in [5, 5.41) is 14.1. The number of nitrogens with one attached hydrogen (secondary N) is 2. The number of nitrogens with zero attached hydrogens (tertiary/aromatic N) is 2. The van der Waals surface area contributed by atoms with E-state index in [1.807, 2.05) is 0 Å². The van der Waals surface area contributed by atoms with Crippen molar-refractivity contribution in [2.75, 3.05) is 13.7 Å². The van der Waals surface area contributed by atoms with E-state index in [0.717, 1.165) is 4.68 Å². The van der Waals surface area contributed by atoms with Gasteiger partial charge in [-0.05, 0) is 6.07 Å². The van der Waals surface area contributed by atoms with Gasteiger partial charge in [-0.3, -0.25) is 19.8 Å². The third-order valence-electron chi connectivity index (χ3n) is 3.64. The Hall–Kier alpha value is -3.49. The number of nitrogen functional groups attached to an aromatic ring is 1. The van der Waals surface area contributed by atoms with E-state index in [4.69, 9.17) is 11.1 Å². The van der Waals surface area contributed by atoms with Gasteiger partial charge in [-0.25, -0.2) is 4.68 Å². The summed E-state index contributed by atoms with van der Waals surface area (Å²) in [5.41, 5.74) is 6.42. The smallest absolute Gasteiger partial charge is 0.307 e. The van der Waals surface area contributed by atoms with Gasteiger partial charge in [0.05, 0.1) is 19.2 Å².